The van der Waals surface area contributed by atoms with E-state index in [1.807, 2.05) is 13.8 Å². The number of aliphatic hydroxyl groups excluding tert-OH is 1. The molecule has 1 aromatic rings. The molecule has 0 aromatic heterocycles. The van der Waals surface area contributed by atoms with Crippen LogP contribution in [0.1, 0.15) is 19.4 Å². The zero-order valence-electron chi connectivity index (χ0n) is 9.50. The fourth-order valence-electron chi connectivity index (χ4n) is 1.25. The Balaban J connectivity index is 2.40. The van der Waals surface area contributed by atoms with Crippen molar-refractivity contribution < 1.29 is 9.50 Å². The molecule has 1 unspecified atom stereocenters. The summed E-state index contributed by atoms with van der Waals surface area (Å²) in [4.78, 5) is 0. The molecule has 2 nitrogen and oxygen atoms in total. The van der Waals surface area contributed by atoms with E-state index in [-0.39, 0.29) is 17.0 Å². The topological polar surface area (TPSA) is 32.3 Å². The van der Waals surface area contributed by atoms with Gasteiger partial charge in [-0.3, -0.25) is 0 Å². The maximum atomic E-state index is 13.1. The highest BCUT2D eigenvalue weighted by atomic mass is 35.5. The molecule has 4 heteroatoms. The van der Waals surface area contributed by atoms with Crippen molar-refractivity contribution in [2.24, 2.45) is 5.92 Å². The van der Waals surface area contributed by atoms with Crippen molar-refractivity contribution in [3.8, 4) is 0 Å². The summed E-state index contributed by atoms with van der Waals surface area (Å²) in [5, 5.41) is 12.7. The van der Waals surface area contributed by atoms with Gasteiger partial charge in [0.2, 0.25) is 0 Å². The van der Waals surface area contributed by atoms with Gasteiger partial charge in [-0.1, -0.05) is 31.5 Å². The van der Waals surface area contributed by atoms with E-state index in [2.05, 4.69) is 5.32 Å². The summed E-state index contributed by atoms with van der Waals surface area (Å²) in [5.74, 6) is -0.195. The Kier molecular flexibility index (Phi) is 5.19. The first-order valence-corrected chi connectivity index (χ1v) is 5.71. The molecule has 0 saturated carbocycles. The first kappa shape index (κ1) is 13.4. The lowest BCUT2D eigenvalue weighted by Crippen LogP contribution is -2.30. The largest absolute Gasteiger partial charge is 0.392 e. The standard InChI is InChI=1S/C12H17ClFNO/c1-8(2)12(16)7-15-6-9-3-4-10(13)11(14)5-9/h3-5,8,12,15-16H,6-7H2,1-2H3. The summed E-state index contributed by atoms with van der Waals surface area (Å²) in [6.45, 7) is 4.93. The normalized spacial score (nSPS) is 13.1. The minimum absolute atomic E-state index is 0.131. The second kappa shape index (κ2) is 6.18. The molecule has 0 aliphatic rings. The smallest absolute Gasteiger partial charge is 0.142 e. The Morgan fingerprint density at radius 3 is 2.69 bits per heavy atom. The fraction of sp³-hybridized carbons (Fsp3) is 0.500. The molecule has 1 atom stereocenters. The van der Waals surface area contributed by atoms with Crippen LogP contribution in [0.25, 0.3) is 0 Å². The lowest BCUT2D eigenvalue weighted by atomic mass is 10.1. The predicted octanol–water partition coefficient (Wildman–Crippen LogP) is 2.59. The van der Waals surface area contributed by atoms with E-state index >= 15 is 0 Å². The van der Waals surface area contributed by atoms with Gasteiger partial charge in [0, 0.05) is 13.1 Å². The third kappa shape index (κ3) is 4.08. The van der Waals surface area contributed by atoms with Gasteiger partial charge in [0.25, 0.3) is 0 Å². The van der Waals surface area contributed by atoms with Gasteiger partial charge in [-0.05, 0) is 23.6 Å². The molecule has 0 saturated heterocycles. The molecule has 2 N–H and O–H groups in total. The zero-order chi connectivity index (χ0) is 12.1. The second-order valence-corrected chi connectivity index (χ2v) is 4.60. The minimum atomic E-state index is -0.412. The number of benzene rings is 1. The van der Waals surface area contributed by atoms with Crippen LogP contribution >= 0.6 is 11.6 Å². The Bertz CT molecular complexity index is 344. The molecule has 90 valence electrons. The molecular formula is C12H17ClFNO. The zero-order valence-corrected chi connectivity index (χ0v) is 10.3. The molecule has 1 aromatic carbocycles. The summed E-state index contributed by atoms with van der Waals surface area (Å²) < 4.78 is 13.1. The lowest BCUT2D eigenvalue weighted by molar-refractivity contribution is 0.123. The van der Waals surface area contributed by atoms with Gasteiger partial charge in [0.1, 0.15) is 5.82 Å². The summed E-state index contributed by atoms with van der Waals surface area (Å²) >= 11 is 5.57. The summed E-state index contributed by atoms with van der Waals surface area (Å²) in [7, 11) is 0. The number of halogens is 2. The summed E-state index contributed by atoms with van der Waals surface area (Å²) in [6, 6.07) is 4.70. The second-order valence-electron chi connectivity index (χ2n) is 4.19. The van der Waals surface area contributed by atoms with E-state index < -0.39 is 5.82 Å². The predicted molar refractivity (Wildman–Crippen MR) is 64.0 cm³/mol. The molecular weight excluding hydrogens is 229 g/mol. The first-order valence-electron chi connectivity index (χ1n) is 5.33. The van der Waals surface area contributed by atoms with Crippen molar-refractivity contribution in [2.75, 3.05) is 6.54 Å². The minimum Gasteiger partial charge on any atom is -0.392 e. The van der Waals surface area contributed by atoms with Crippen molar-refractivity contribution in [1.29, 1.82) is 0 Å². The van der Waals surface area contributed by atoms with Crippen molar-refractivity contribution in [3.05, 3.63) is 34.6 Å². The SMILES string of the molecule is CC(C)C(O)CNCc1ccc(Cl)c(F)c1. The molecule has 0 radical (unpaired) electrons. The maximum absolute atomic E-state index is 13.1. The van der Waals surface area contributed by atoms with Gasteiger partial charge in [0.05, 0.1) is 11.1 Å². The molecule has 0 spiro atoms. The van der Waals surface area contributed by atoms with Crippen LogP contribution in [0.5, 0.6) is 0 Å². The number of hydrogen-bond donors (Lipinski definition) is 2. The van der Waals surface area contributed by atoms with E-state index in [4.69, 9.17) is 11.6 Å². The molecule has 0 amide bonds. The molecule has 16 heavy (non-hydrogen) atoms. The highest BCUT2D eigenvalue weighted by Crippen LogP contribution is 2.15. The van der Waals surface area contributed by atoms with Crippen molar-refractivity contribution in [3.63, 3.8) is 0 Å². The van der Waals surface area contributed by atoms with Gasteiger partial charge >= 0.3 is 0 Å². The molecule has 0 aliphatic heterocycles. The van der Waals surface area contributed by atoms with Gasteiger partial charge in [-0.2, -0.15) is 0 Å². The molecule has 1 rings (SSSR count). The first-order chi connectivity index (χ1) is 7.50. The van der Waals surface area contributed by atoms with Crippen LogP contribution in [-0.2, 0) is 6.54 Å². The van der Waals surface area contributed by atoms with Crippen LogP contribution in [0.2, 0.25) is 5.02 Å². The average Bonchev–Trinajstić information content (AvgIpc) is 2.23. The lowest BCUT2D eigenvalue weighted by Gasteiger charge is -2.15. The molecule has 0 fully saturated rings. The number of nitrogens with one attached hydrogen (secondary N) is 1. The van der Waals surface area contributed by atoms with Crippen LogP contribution < -0.4 is 5.32 Å². The van der Waals surface area contributed by atoms with Crippen LogP contribution in [0.3, 0.4) is 0 Å². The molecule has 0 bridgehead atoms. The Morgan fingerprint density at radius 2 is 2.12 bits per heavy atom. The Labute approximate surface area is 100 Å². The van der Waals surface area contributed by atoms with E-state index in [0.29, 0.717) is 13.1 Å². The molecule has 0 heterocycles. The third-order valence-corrected chi connectivity index (χ3v) is 2.74. The molecule has 0 aliphatic carbocycles. The highest BCUT2D eigenvalue weighted by molar-refractivity contribution is 6.30. The Morgan fingerprint density at radius 1 is 1.44 bits per heavy atom. The van der Waals surface area contributed by atoms with Crippen LogP contribution in [0.15, 0.2) is 18.2 Å². The quantitative estimate of drug-likeness (QED) is 0.836. The van der Waals surface area contributed by atoms with Crippen LogP contribution in [-0.4, -0.2) is 17.8 Å². The van der Waals surface area contributed by atoms with Gasteiger partial charge in [-0.15, -0.1) is 0 Å². The van der Waals surface area contributed by atoms with Crippen molar-refractivity contribution in [2.45, 2.75) is 26.5 Å². The monoisotopic (exact) mass is 245 g/mol. The maximum Gasteiger partial charge on any atom is 0.142 e. The number of hydrogen-bond acceptors (Lipinski definition) is 2. The Hall–Kier alpha value is -0.640. The van der Waals surface area contributed by atoms with Crippen molar-refractivity contribution >= 4 is 11.6 Å². The third-order valence-electron chi connectivity index (χ3n) is 2.44. The van der Waals surface area contributed by atoms with Gasteiger partial charge in [0.15, 0.2) is 0 Å². The summed E-state index contributed by atoms with van der Waals surface area (Å²) in [6.07, 6.45) is -0.378. The van der Waals surface area contributed by atoms with Gasteiger partial charge < -0.3 is 10.4 Å². The average molecular weight is 246 g/mol. The highest BCUT2D eigenvalue weighted by Gasteiger charge is 2.08. The van der Waals surface area contributed by atoms with E-state index in [1.165, 1.54) is 12.1 Å². The summed E-state index contributed by atoms with van der Waals surface area (Å²) in [5.41, 5.74) is 0.817. The van der Waals surface area contributed by atoms with Crippen LogP contribution in [0, 0.1) is 11.7 Å². The number of aliphatic hydroxyl groups is 1. The van der Waals surface area contributed by atoms with E-state index in [1.54, 1.807) is 6.07 Å². The van der Waals surface area contributed by atoms with E-state index in [0.717, 1.165) is 5.56 Å². The van der Waals surface area contributed by atoms with E-state index in [9.17, 15) is 9.50 Å². The van der Waals surface area contributed by atoms with Crippen LogP contribution in [0.4, 0.5) is 4.39 Å². The van der Waals surface area contributed by atoms with Crippen molar-refractivity contribution in [1.82, 2.24) is 5.32 Å². The fourth-order valence-corrected chi connectivity index (χ4v) is 1.37. The van der Waals surface area contributed by atoms with Gasteiger partial charge in [-0.25, -0.2) is 4.39 Å². The number of rotatable bonds is 5.